The summed E-state index contributed by atoms with van der Waals surface area (Å²) in [6.07, 6.45) is 0. The van der Waals surface area contributed by atoms with Crippen molar-refractivity contribution in [3.05, 3.63) is 24.3 Å². The van der Waals surface area contributed by atoms with E-state index in [1.807, 2.05) is 45.0 Å². The molecule has 0 atom stereocenters. The monoisotopic (exact) mass is 334 g/mol. The highest BCUT2D eigenvalue weighted by Gasteiger charge is 2.20. The van der Waals surface area contributed by atoms with E-state index < -0.39 is 5.91 Å². The van der Waals surface area contributed by atoms with E-state index in [4.69, 9.17) is 5.73 Å². The standard InChI is InChI=1S/C16H22N4O2S/c1-4-19-13-8-6-5-7-12(13)18-16(19)23-10-15(22)20(11(2)3)9-14(17)21/h5-8,11H,4,9-10H2,1-3H3,(H2,17,21). The fourth-order valence-electron chi connectivity index (χ4n) is 2.41. The van der Waals surface area contributed by atoms with Crippen LogP contribution in [0, 0.1) is 0 Å². The van der Waals surface area contributed by atoms with Gasteiger partial charge < -0.3 is 15.2 Å². The Morgan fingerprint density at radius 3 is 2.65 bits per heavy atom. The van der Waals surface area contributed by atoms with E-state index >= 15 is 0 Å². The number of carbonyl (C=O) groups is 2. The molecule has 0 aliphatic heterocycles. The van der Waals surface area contributed by atoms with Gasteiger partial charge in [0.1, 0.15) is 0 Å². The Bertz CT molecular complexity index is 711. The number of rotatable bonds is 7. The molecule has 1 heterocycles. The normalized spacial score (nSPS) is 11.1. The Balaban J connectivity index is 2.13. The summed E-state index contributed by atoms with van der Waals surface area (Å²) in [4.78, 5) is 29.6. The van der Waals surface area contributed by atoms with Gasteiger partial charge >= 0.3 is 0 Å². The van der Waals surface area contributed by atoms with Crippen molar-refractivity contribution in [3.8, 4) is 0 Å². The van der Waals surface area contributed by atoms with Crippen molar-refractivity contribution >= 4 is 34.6 Å². The number of primary amides is 1. The van der Waals surface area contributed by atoms with Gasteiger partial charge in [-0.15, -0.1) is 0 Å². The van der Waals surface area contributed by atoms with E-state index in [1.165, 1.54) is 16.7 Å². The molecule has 7 heteroatoms. The number of aromatic nitrogens is 2. The lowest BCUT2D eigenvalue weighted by Crippen LogP contribution is -2.43. The average molecular weight is 334 g/mol. The predicted molar refractivity (Wildman–Crippen MR) is 92.2 cm³/mol. The Hall–Kier alpha value is -2.02. The number of hydrogen-bond donors (Lipinski definition) is 1. The van der Waals surface area contributed by atoms with Crippen molar-refractivity contribution in [2.45, 2.75) is 38.5 Å². The second kappa shape index (κ2) is 7.50. The number of amides is 2. The summed E-state index contributed by atoms with van der Waals surface area (Å²) in [7, 11) is 0. The van der Waals surface area contributed by atoms with Gasteiger partial charge in [0, 0.05) is 12.6 Å². The first-order valence-electron chi connectivity index (χ1n) is 7.59. The fourth-order valence-corrected chi connectivity index (χ4v) is 3.37. The summed E-state index contributed by atoms with van der Waals surface area (Å²) >= 11 is 1.39. The Labute approximate surface area is 140 Å². The van der Waals surface area contributed by atoms with Gasteiger partial charge in [-0.2, -0.15) is 0 Å². The first-order chi connectivity index (χ1) is 10.9. The molecule has 0 unspecified atom stereocenters. The first-order valence-corrected chi connectivity index (χ1v) is 8.58. The topological polar surface area (TPSA) is 81.2 Å². The van der Waals surface area contributed by atoms with Gasteiger partial charge in [-0.25, -0.2) is 4.98 Å². The third kappa shape index (κ3) is 4.04. The molecule has 6 nitrogen and oxygen atoms in total. The van der Waals surface area contributed by atoms with E-state index in [0.717, 1.165) is 22.7 Å². The number of carbonyl (C=O) groups excluding carboxylic acids is 2. The van der Waals surface area contributed by atoms with Crippen LogP contribution in [-0.2, 0) is 16.1 Å². The van der Waals surface area contributed by atoms with Crippen molar-refractivity contribution < 1.29 is 9.59 Å². The molecule has 0 spiro atoms. The maximum absolute atomic E-state index is 12.4. The summed E-state index contributed by atoms with van der Waals surface area (Å²) in [5, 5.41) is 0.810. The van der Waals surface area contributed by atoms with Crippen LogP contribution in [0.4, 0.5) is 0 Å². The maximum atomic E-state index is 12.4. The molecule has 0 aliphatic carbocycles. The lowest BCUT2D eigenvalue weighted by atomic mass is 10.3. The van der Waals surface area contributed by atoms with Crippen molar-refractivity contribution in [1.29, 1.82) is 0 Å². The number of benzene rings is 1. The van der Waals surface area contributed by atoms with Crippen LogP contribution in [0.2, 0.25) is 0 Å². The fraction of sp³-hybridized carbons (Fsp3) is 0.438. The SMILES string of the molecule is CCn1c(SCC(=O)N(CC(N)=O)C(C)C)nc2ccccc21. The van der Waals surface area contributed by atoms with Crippen LogP contribution in [0.1, 0.15) is 20.8 Å². The summed E-state index contributed by atoms with van der Waals surface area (Å²) < 4.78 is 2.08. The van der Waals surface area contributed by atoms with E-state index in [-0.39, 0.29) is 24.2 Å². The number of fused-ring (bicyclic) bond motifs is 1. The average Bonchev–Trinajstić information content (AvgIpc) is 2.87. The van der Waals surface area contributed by atoms with Crippen LogP contribution in [0.5, 0.6) is 0 Å². The second-order valence-electron chi connectivity index (χ2n) is 5.50. The predicted octanol–water partition coefficient (Wildman–Crippen LogP) is 1.87. The Kier molecular flexibility index (Phi) is 5.65. The molecule has 0 bridgehead atoms. The van der Waals surface area contributed by atoms with E-state index in [2.05, 4.69) is 9.55 Å². The largest absolute Gasteiger partial charge is 0.368 e. The summed E-state index contributed by atoms with van der Waals surface area (Å²) in [6.45, 7) is 6.51. The van der Waals surface area contributed by atoms with Crippen LogP contribution < -0.4 is 5.73 Å². The molecule has 0 fully saturated rings. The van der Waals surface area contributed by atoms with Crippen molar-refractivity contribution in [2.24, 2.45) is 5.73 Å². The number of nitrogens with zero attached hydrogens (tertiary/aromatic N) is 3. The minimum atomic E-state index is -0.502. The van der Waals surface area contributed by atoms with Crippen molar-refractivity contribution in [1.82, 2.24) is 14.5 Å². The van der Waals surface area contributed by atoms with Crippen LogP contribution in [0.3, 0.4) is 0 Å². The molecular formula is C16H22N4O2S. The quantitative estimate of drug-likeness (QED) is 0.784. The molecule has 23 heavy (non-hydrogen) atoms. The zero-order valence-corrected chi connectivity index (χ0v) is 14.5. The molecule has 1 aromatic carbocycles. The number of para-hydroxylation sites is 2. The molecule has 0 saturated carbocycles. The summed E-state index contributed by atoms with van der Waals surface area (Å²) in [5.74, 6) is -0.384. The molecule has 2 aromatic rings. The molecule has 0 saturated heterocycles. The third-order valence-electron chi connectivity index (χ3n) is 3.53. The number of aryl methyl sites for hydroxylation is 1. The summed E-state index contributed by atoms with van der Waals surface area (Å²) in [6, 6.07) is 7.83. The summed E-state index contributed by atoms with van der Waals surface area (Å²) in [5.41, 5.74) is 7.19. The molecule has 1 aromatic heterocycles. The molecule has 124 valence electrons. The molecule has 0 aliphatic rings. The highest BCUT2D eigenvalue weighted by Crippen LogP contribution is 2.24. The van der Waals surface area contributed by atoms with Gasteiger partial charge in [0.25, 0.3) is 0 Å². The molecular weight excluding hydrogens is 312 g/mol. The number of thioether (sulfide) groups is 1. The zero-order valence-electron chi connectivity index (χ0n) is 13.7. The van der Waals surface area contributed by atoms with Crippen LogP contribution in [-0.4, -0.2) is 44.6 Å². The smallest absolute Gasteiger partial charge is 0.237 e. The van der Waals surface area contributed by atoms with Crippen LogP contribution in [0.25, 0.3) is 11.0 Å². The molecule has 2 amide bonds. The molecule has 2 rings (SSSR count). The van der Waals surface area contributed by atoms with Gasteiger partial charge in [-0.1, -0.05) is 23.9 Å². The first kappa shape index (κ1) is 17.3. The van der Waals surface area contributed by atoms with Gasteiger partial charge in [0.05, 0.1) is 23.3 Å². The highest BCUT2D eigenvalue weighted by atomic mass is 32.2. The van der Waals surface area contributed by atoms with E-state index in [0.29, 0.717) is 0 Å². The molecule has 0 radical (unpaired) electrons. The van der Waals surface area contributed by atoms with Gasteiger partial charge in [0.15, 0.2) is 5.16 Å². The lowest BCUT2D eigenvalue weighted by molar-refractivity contribution is -0.134. The van der Waals surface area contributed by atoms with E-state index in [1.54, 1.807) is 0 Å². The lowest BCUT2D eigenvalue weighted by Gasteiger charge is -2.25. The molecule has 2 N–H and O–H groups in total. The van der Waals surface area contributed by atoms with Gasteiger partial charge in [-0.05, 0) is 32.9 Å². The maximum Gasteiger partial charge on any atom is 0.237 e. The zero-order chi connectivity index (χ0) is 17.0. The van der Waals surface area contributed by atoms with Gasteiger partial charge in [-0.3, -0.25) is 9.59 Å². The number of imidazole rings is 1. The highest BCUT2D eigenvalue weighted by molar-refractivity contribution is 7.99. The van der Waals surface area contributed by atoms with Crippen molar-refractivity contribution in [3.63, 3.8) is 0 Å². The number of hydrogen-bond acceptors (Lipinski definition) is 4. The van der Waals surface area contributed by atoms with E-state index in [9.17, 15) is 9.59 Å². The minimum Gasteiger partial charge on any atom is -0.368 e. The number of nitrogens with two attached hydrogens (primary N) is 1. The van der Waals surface area contributed by atoms with Gasteiger partial charge in [0.2, 0.25) is 11.8 Å². The second-order valence-corrected chi connectivity index (χ2v) is 6.44. The Morgan fingerprint density at radius 1 is 1.35 bits per heavy atom. The minimum absolute atomic E-state index is 0.0543. The Morgan fingerprint density at radius 2 is 2.04 bits per heavy atom. The van der Waals surface area contributed by atoms with Crippen LogP contribution >= 0.6 is 11.8 Å². The third-order valence-corrected chi connectivity index (χ3v) is 4.49. The van der Waals surface area contributed by atoms with Crippen LogP contribution in [0.15, 0.2) is 29.4 Å². The van der Waals surface area contributed by atoms with Crippen molar-refractivity contribution in [2.75, 3.05) is 12.3 Å².